The summed E-state index contributed by atoms with van der Waals surface area (Å²) in [6.45, 7) is 2.59. The van der Waals surface area contributed by atoms with Gasteiger partial charge in [0.1, 0.15) is 0 Å². The number of aliphatic imine (C=N–C) groups is 1. The predicted molar refractivity (Wildman–Crippen MR) is 66.4 cm³/mol. The van der Waals surface area contributed by atoms with Gasteiger partial charge in [0, 0.05) is 11.9 Å². The van der Waals surface area contributed by atoms with Crippen LogP contribution in [0.4, 0.5) is 5.69 Å². The first-order chi connectivity index (χ1) is 7.22. The SMILES string of the molecule is CCOC(=Nc1ccccc1)SN(C)C. The Hall–Kier alpha value is -1.00. The fraction of sp³-hybridized carbons (Fsp3) is 0.364. The molecule has 0 unspecified atom stereocenters. The molecule has 3 nitrogen and oxygen atoms in total. The highest BCUT2D eigenvalue weighted by atomic mass is 32.2. The van der Waals surface area contributed by atoms with Crippen LogP contribution in [-0.2, 0) is 4.74 Å². The molecule has 0 fully saturated rings. The molecule has 1 rings (SSSR count). The number of rotatable bonds is 3. The standard InChI is InChI=1S/C11H16N2OS/c1-4-14-11(15-13(2)3)12-10-8-6-5-7-9-10/h5-9H,4H2,1-3H3. The molecule has 0 radical (unpaired) electrons. The van der Waals surface area contributed by atoms with E-state index in [-0.39, 0.29) is 0 Å². The Balaban J connectivity index is 2.74. The molecule has 1 aromatic carbocycles. The Bertz CT molecular complexity index is 312. The van der Waals surface area contributed by atoms with E-state index in [1.165, 1.54) is 11.9 Å². The minimum absolute atomic E-state index is 0.631. The molecule has 15 heavy (non-hydrogen) atoms. The van der Waals surface area contributed by atoms with Crippen LogP contribution in [0.5, 0.6) is 0 Å². The maximum absolute atomic E-state index is 5.43. The summed E-state index contributed by atoms with van der Waals surface area (Å²) in [5, 5.41) is 0.675. The summed E-state index contributed by atoms with van der Waals surface area (Å²) in [7, 11) is 3.92. The summed E-state index contributed by atoms with van der Waals surface area (Å²) in [6, 6.07) is 9.80. The van der Waals surface area contributed by atoms with Crippen LogP contribution in [0.1, 0.15) is 6.92 Å². The molecule has 0 aliphatic heterocycles. The summed E-state index contributed by atoms with van der Waals surface area (Å²) in [5.41, 5.74) is 0.912. The van der Waals surface area contributed by atoms with E-state index >= 15 is 0 Å². The van der Waals surface area contributed by atoms with Crippen molar-refractivity contribution in [2.24, 2.45) is 4.99 Å². The van der Waals surface area contributed by atoms with Crippen LogP contribution in [0.15, 0.2) is 35.3 Å². The second-order valence-electron chi connectivity index (χ2n) is 3.05. The Morgan fingerprint density at radius 1 is 1.33 bits per heavy atom. The molecule has 0 atom stereocenters. The second kappa shape index (κ2) is 6.48. The van der Waals surface area contributed by atoms with Gasteiger partial charge in [0.2, 0.25) is 0 Å². The molecule has 4 heteroatoms. The quantitative estimate of drug-likeness (QED) is 0.448. The van der Waals surface area contributed by atoms with E-state index in [2.05, 4.69) is 4.99 Å². The van der Waals surface area contributed by atoms with Crippen molar-refractivity contribution in [2.45, 2.75) is 6.92 Å². The summed E-state index contributed by atoms with van der Waals surface area (Å²) in [6.07, 6.45) is 0. The molecule has 0 amide bonds. The van der Waals surface area contributed by atoms with E-state index in [9.17, 15) is 0 Å². The number of para-hydroxylation sites is 1. The van der Waals surface area contributed by atoms with Crippen LogP contribution in [0.25, 0.3) is 0 Å². The van der Waals surface area contributed by atoms with Gasteiger partial charge in [0.05, 0.1) is 12.3 Å². The third-order valence-corrected chi connectivity index (χ3v) is 2.24. The van der Waals surface area contributed by atoms with Crippen molar-refractivity contribution in [2.75, 3.05) is 20.7 Å². The lowest BCUT2D eigenvalue weighted by Gasteiger charge is -2.10. The first-order valence-electron chi connectivity index (χ1n) is 4.84. The lowest BCUT2D eigenvalue weighted by molar-refractivity contribution is 0.337. The minimum atomic E-state index is 0.631. The highest BCUT2D eigenvalue weighted by Crippen LogP contribution is 2.16. The van der Waals surface area contributed by atoms with E-state index in [0.717, 1.165) is 5.69 Å². The number of nitrogens with zero attached hydrogens (tertiary/aromatic N) is 2. The fourth-order valence-electron chi connectivity index (χ4n) is 0.967. The van der Waals surface area contributed by atoms with Crippen molar-refractivity contribution < 1.29 is 4.74 Å². The molecule has 0 aromatic heterocycles. The summed E-state index contributed by atoms with van der Waals surface area (Å²) in [4.78, 5) is 4.40. The van der Waals surface area contributed by atoms with Gasteiger partial charge in [-0.05, 0) is 33.2 Å². The Morgan fingerprint density at radius 3 is 2.53 bits per heavy atom. The number of benzene rings is 1. The molecule has 0 saturated heterocycles. The third-order valence-electron chi connectivity index (χ3n) is 1.51. The molecule has 0 heterocycles. The maximum atomic E-state index is 5.43. The van der Waals surface area contributed by atoms with Gasteiger partial charge in [-0.3, -0.25) is 0 Å². The zero-order chi connectivity index (χ0) is 11.1. The summed E-state index contributed by atoms with van der Waals surface area (Å²) in [5.74, 6) is 0. The fourth-order valence-corrected chi connectivity index (χ4v) is 1.60. The zero-order valence-corrected chi connectivity index (χ0v) is 10.1. The molecule has 0 aliphatic rings. The summed E-state index contributed by atoms with van der Waals surface area (Å²) >= 11 is 1.48. The van der Waals surface area contributed by atoms with E-state index in [1.807, 2.05) is 55.7 Å². The molecule has 0 aliphatic carbocycles. The van der Waals surface area contributed by atoms with E-state index in [1.54, 1.807) is 0 Å². The van der Waals surface area contributed by atoms with E-state index in [0.29, 0.717) is 11.8 Å². The smallest absolute Gasteiger partial charge is 0.266 e. The Morgan fingerprint density at radius 2 is 2.00 bits per heavy atom. The van der Waals surface area contributed by atoms with Crippen LogP contribution in [0, 0.1) is 0 Å². The molecule has 0 N–H and O–H groups in total. The van der Waals surface area contributed by atoms with Crippen LogP contribution >= 0.6 is 11.9 Å². The van der Waals surface area contributed by atoms with Crippen molar-refractivity contribution in [3.63, 3.8) is 0 Å². The van der Waals surface area contributed by atoms with Crippen molar-refractivity contribution >= 4 is 22.9 Å². The van der Waals surface area contributed by atoms with E-state index < -0.39 is 0 Å². The Labute approximate surface area is 95.3 Å². The highest BCUT2D eigenvalue weighted by Gasteiger charge is 2.03. The van der Waals surface area contributed by atoms with Crippen molar-refractivity contribution in [1.29, 1.82) is 0 Å². The largest absolute Gasteiger partial charge is 0.472 e. The molecular weight excluding hydrogens is 208 g/mol. The first kappa shape index (κ1) is 12.1. The average Bonchev–Trinajstić information content (AvgIpc) is 2.18. The molecule has 82 valence electrons. The lowest BCUT2D eigenvalue weighted by Crippen LogP contribution is -2.08. The van der Waals surface area contributed by atoms with Crippen molar-refractivity contribution in [1.82, 2.24) is 4.31 Å². The average molecular weight is 224 g/mol. The van der Waals surface area contributed by atoms with Gasteiger partial charge in [0.15, 0.2) is 0 Å². The van der Waals surface area contributed by atoms with Crippen LogP contribution in [-0.4, -0.2) is 30.2 Å². The molecule has 0 saturated carbocycles. The number of hydrogen-bond acceptors (Lipinski definition) is 4. The van der Waals surface area contributed by atoms with Crippen LogP contribution in [0.3, 0.4) is 0 Å². The second-order valence-corrected chi connectivity index (χ2v) is 4.31. The topological polar surface area (TPSA) is 24.8 Å². The zero-order valence-electron chi connectivity index (χ0n) is 9.30. The normalized spacial score (nSPS) is 11.9. The predicted octanol–water partition coefficient (Wildman–Crippen LogP) is 2.92. The maximum Gasteiger partial charge on any atom is 0.266 e. The molecular formula is C11H16N2OS. The molecule has 1 aromatic rings. The molecule has 0 bridgehead atoms. The van der Waals surface area contributed by atoms with E-state index in [4.69, 9.17) is 4.74 Å². The van der Waals surface area contributed by atoms with Crippen LogP contribution in [0.2, 0.25) is 0 Å². The van der Waals surface area contributed by atoms with Crippen LogP contribution < -0.4 is 0 Å². The van der Waals surface area contributed by atoms with Gasteiger partial charge in [-0.25, -0.2) is 9.30 Å². The minimum Gasteiger partial charge on any atom is -0.472 e. The monoisotopic (exact) mass is 224 g/mol. The Kier molecular flexibility index (Phi) is 5.21. The van der Waals surface area contributed by atoms with Crippen molar-refractivity contribution in [3.05, 3.63) is 30.3 Å². The van der Waals surface area contributed by atoms with Crippen molar-refractivity contribution in [3.8, 4) is 0 Å². The highest BCUT2D eigenvalue weighted by molar-refractivity contribution is 8.11. The molecule has 0 spiro atoms. The van der Waals surface area contributed by atoms with Gasteiger partial charge in [-0.2, -0.15) is 0 Å². The first-order valence-corrected chi connectivity index (χ1v) is 5.61. The van der Waals surface area contributed by atoms with Gasteiger partial charge >= 0.3 is 0 Å². The summed E-state index contributed by atoms with van der Waals surface area (Å²) < 4.78 is 7.38. The van der Waals surface area contributed by atoms with Gasteiger partial charge < -0.3 is 4.74 Å². The van der Waals surface area contributed by atoms with Gasteiger partial charge in [0.25, 0.3) is 5.23 Å². The lowest BCUT2D eigenvalue weighted by atomic mass is 10.3. The number of hydrogen-bond donors (Lipinski definition) is 0. The third kappa shape index (κ3) is 4.85. The number of ether oxygens (including phenoxy) is 1. The van der Waals surface area contributed by atoms with Gasteiger partial charge in [-0.1, -0.05) is 18.2 Å². The van der Waals surface area contributed by atoms with Gasteiger partial charge in [-0.15, -0.1) is 0 Å².